The Morgan fingerprint density at radius 2 is 0.573 bits per heavy atom. The number of piperidine rings is 2. The van der Waals surface area contributed by atoms with Crippen LogP contribution in [0.4, 0.5) is 44.3 Å². The number of aryl methyl sites for hydroxylation is 5. The maximum Gasteiger partial charge on any atom is 0.261 e. The second-order valence-corrected chi connectivity index (χ2v) is 39.9. The molecule has 32 heteroatoms. The van der Waals surface area contributed by atoms with Crippen LogP contribution >= 0.6 is 58.0 Å². The molecule has 11 heterocycles. The summed E-state index contributed by atoms with van der Waals surface area (Å²) in [6.07, 6.45) is 16.0. The fourth-order valence-corrected chi connectivity index (χ4v) is 21.5. The van der Waals surface area contributed by atoms with Crippen LogP contribution in [-0.4, -0.2) is 157 Å². The summed E-state index contributed by atoms with van der Waals surface area (Å²) in [6.45, 7) is 12.7. The molecule has 150 heavy (non-hydrogen) atoms. The van der Waals surface area contributed by atoms with Crippen molar-refractivity contribution in [2.75, 3.05) is 59.0 Å². The first kappa shape index (κ1) is 113. The molecule has 8 aromatic carbocycles. The van der Waals surface area contributed by atoms with Crippen molar-refractivity contribution in [3.63, 3.8) is 0 Å². The number of alkyl halides is 5. The Kier molecular flexibility index (Phi) is 40.6. The third-order valence-electron chi connectivity index (χ3n) is 26.7. The molecule has 10 atom stereocenters. The number of aliphatic hydroxyl groups excluding tert-OH is 5. The van der Waals surface area contributed by atoms with Crippen LogP contribution in [-0.2, 0) is 0 Å². The molecule has 19 rings (SSSR count). The predicted octanol–water partition coefficient (Wildman–Crippen LogP) is 29.2. The van der Waals surface area contributed by atoms with E-state index in [2.05, 4.69) is 49.7 Å². The molecular formula is C118H115Cl5F10N12O5. The van der Waals surface area contributed by atoms with Gasteiger partial charge in [-0.3, -0.25) is 59.5 Å². The Balaban J connectivity index is 0.000000147. The number of benzene rings is 8. The van der Waals surface area contributed by atoms with E-state index in [-0.39, 0.29) is 62.6 Å². The Morgan fingerprint density at radius 3 is 0.847 bits per heavy atom. The summed E-state index contributed by atoms with van der Waals surface area (Å²) in [7, 11) is 0. The topological polar surface area (TPSA) is 217 Å². The lowest BCUT2D eigenvalue weighted by Crippen LogP contribution is -2.43. The molecule has 0 spiro atoms. The average Bonchev–Trinajstić information content (AvgIpc) is 1.31. The van der Waals surface area contributed by atoms with Crippen LogP contribution in [0.2, 0.25) is 25.1 Å². The van der Waals surface area contributed by atoms with Crippen molar-refractivity contribution in [2.45, 2.75) is 159 Å². The van der Waals surface area contributed by atoms with Crippen molar-refractivity contribution < 1.29 is 69.8 Å². The van der Waals surface area contributed by atoms with E-state index >= 15 is 0 Å². The highest BCUT2D eigenvalue weighted by Gasteiger charge is 2.45. The van der Waals surface area contributed by atoms with Gasteiger partial charge in [-0.1, -0.05) is 143 Å². The van der Waals surface area contributed by atoms with Gasteiger partial charge >= 0.3 is 0 Å². The maximum atomic E-state index is 14.0. The summed E-state index contributed by atoms with van der Waals surface area (Å²) in [5.74, 6) is -6.44. The van der Waals surface area contributed by atoms with Gasteiger partial charge in [0.1, 0.15) is 60.7 Å². The fourth-order valence-electron chi connectivity index (χ4n) is 20.0. The van der Waals surface area contributed by atoms with Crippen LogP contribution in [0.25, 0.3) is 56.3 Å². The Hall–Kier alpha value is -12.1. The molecule has 0 amide bonds. The quantitative estimate of drug-likeness (QED) is 0.0252. The van der Waals surface area contributed by atoms with Crippen LogP contribution in [0, 0.1) is 52.1 Å². The number of hydrogen-bond donors (Lipinski definition) is 5. The van der Waals surface area contributed by atoms with E-state index in [0.29, 0.717) is 75.6 Å². The molecule has 4 saturated heterocycles. The molecular weight excluding hydrogens is 2030 g/mol. The number of aliphatic hydroxyl groups is 5. The molecule has 0 saturated carbocycles. The largest absolute Gasteiger partial charge is 0.386 e. The first-order chi connectivity index (χ1) is 72.2. The van der Waals surface area contributed by atoms with Crippen molar-refractivity contribution in [1.82, 2.24) is 54.5 Å². The lowest BCUT2D eigenvalue weighted by molar-refractivity contribution is -0.0766. The maximum absolute atomic E-state index is 14.0. The predicted molar refractivity (Wildman–Crippen MR) is 573 cm³/mol. The summed E-state index contributed by atoms with van der Waals surface area (Å²) in [5.41, 5.74) is 19.3. The minimum Gasteiger partial charge on any atom is -0.386 e. The Labute approximate surface area is 891 Å². The highest BCUT2D eigenvalue weighted by atomic mass is 35.5. The summed E-state index contributed by atoms with van der Waals surface area (Å²) in [5, 5.41) is 60.3. The minimum atomic E-state index is -2.78. The van der Waals surface area contributed by atoms with Gasteiger partial charge < -0.3 is 25.5 Å². The van der Waals surface area contributed by atoms with E-state index in [4.69, 9.17) is 67.2 Å². The van der Waals surface area contributed by atoms with E-state index in [1.807, 2.05) is 137 Å². The van der Waals surface area contributed by atoms with Gasteiger partial charge in [0.25, 0.3) is 11.8 Å². The van der Waals surface area contributed by atoms with Gasteiger partial charge in [0.15, 0.2) is 0 Å². The third kappa shape index (κ3) is 30.0. The number of pyridine rings is 7. The highest BCUT2D eigenvalue weighted by Crippen LogP contribution is 2.49. The number of nitrogens with zero attached hydrogens (tertiary/aromatic N) is 12. The molecule has 5 N–H and O–H groups in total. The number of aromatic nitrogens is 7. The van der Waals surface area contributed by atoms with Crippen LogP contribution in [0.5, 0.6) is 0 Å². The number of hydrogen-bond acceptors (Lipinski definition) is 17. The third-order valence-corrected chi connectivity index (χ3v) is 27.8. The number of rotatable bonds is 26. The molecule has 0 radical (unpaired) electrons. The summed E-state index contributed by atoms with van der Waals surface area (Å²) in [6, 6.07) is 69.7. The average molecular weight is 2150 g/mol. The van der Waals surface area contributed by atoms with E-state index < -0.39 is 79.5 Å². The molecule has 4 aliphatic rings. The van der Waals surface area contributed by atoms with Crippen molar-refractivity contribution >= 4 is 64.2 Å². The summed E-state index contributed by atoms with van der Waals surface area (Å²) < 4.78 is 125. The van der Waals surface area contributed by atoms with Crippen LogP contribution < -0.4 is 0 Å². The van der Waals surface area contributed by atoms with Gasteiger partial charge in [-0.15, -0.1) is 0 Å². The highest BCUT2D eigenvalue weighted by molar-refractivity contribution is 6.32. The van der Waals surface area contributed by atoms with E-state index in [1.54, 1.807) is 176 Å². The second kappa shape index (κ2) is 53.7. The first-order valence-electron chi connectivity index (χ1n) is 49.3. The van der Waals surface area contributed by atoms with Crippen LogP contribution in [0.15, 0.2) is 309 Å². The molecule has 4 aliphatic heterocycles. The van der Waals surface area contributed by atoms with Crippen LogP contribution in [0.3, 0.4) is 0 Å². The van der Waals surface area contributed by atoms with Gasteiger partial charge in [-0.2, -0.15) is 0 Å². The zero-order chi connectivity index (χ0) is 107. The standard InChI is InChI=1S/C25H24ClF3N2O.C25H26ClFN2O.C24H24ClFN2O.C23H22ClF2N3O.C21H19ClFN3O.F2/c1-16-13-18(15-19(26)14-16)22-21(3-2-10-30-22)24(32)23(17-4-6-20(27)7-5-17)31-11-8-25(28,29)9-12-31;1-17-14-19(16-20(26)15-17)23-22(6-5-11-28-23)25(30)24(29-12-3-2-4-13-29)18-7-9-21(27)10-8-18;1-16-13-18(15-19(25)14-16)22-21(5-4-10-27-22)24(29)23(28-11-2-3-12-28)17-6-8-20(26)9-7-17;1-15-10-17(12-18(24)11-15)20-19(5-3-8-28-20)22(30)21(16-4-2-7-27-13-16)29-9-6-23(25,26)14-29;1-14-10-16(12-17(22)11-14)19-18(5-3-8-25-19)21(27)20(26-9-6-23)15-4-2-7-24-13-15;1-2/h2-7,10,13-15,23-24,32H,8-9,11-12H2,1H3;5-11,14-16,24-25,30H,2-4,12-13H2,1H3;4-10,13-15,23-24,29H,2-3,11-12H2,1H3;2-5,7-8,10-13,21-22,30H,6,9,14H2,1H3;2-5,7-13,20-21,27H,6H2,1H3;/t23-,24+;24-,25+;23-,24+;21-,22+;20-,21+;/m00000./s1. The molecule has 0 bridgehead atoms. The monoisotopic (exact) mass is 2140 g/mol. The molecule has 7 aromatic heterocycles. The lowest BCUT2D eigenvalue weighted by atomic mass is 9.90. The van der Waals surface area contributed by atoms with Gasteiger partial charge in [-0.05, 0) is 312 Å². The molecule has 15 aromatic rings. The zero-order valence-electron chi connectivity index (χ0n) is 83.0. The van der Waals surface area contributed by atoms with E-state index in [1.165, 1.54) is 42.8 Å². The number of likely N-dealkylation sites (tertiary alicyclic amines) is 4. The van der Waals surface area contributed by atoms with Crippen molar-refractivity contribution in [3.8, 4) is 56.3 Å². The molecule has 0 unspecified atom stereocenters. The SMILES string of the molecule is Cc1cc(Cl)cc(-c2ncccc2[C@@H](O)[C@@H](N=CCF)c2cccnc2)c1.Cc1cc(Cl)cc(-c2ncccc2[C@@H](O)[C@H](c2ccc(F)cc2)N2CCC(F)(F)CC2)c1.Cc1cc(Cl)cc(-c2ncccc2[C@@H](O)[C@H](c2ccc(F)cc2)N2CCCC2)c1.Cc1cc(Cl)cc(-c2ncccc2[C@@H](O)[C@H](c2ccc(F)cc2)N2CCCCC2)c1.Cc1cc(Cl)cc(-c2ncccc2[C@@H](O)[C@H](c2cccnc2)N2CCC(F)(F)C2)c1.FF. The zero-order valence-corrected chi connectivity index (χ0v) is 86.8. The summed E-state index contributed by atoms with van der Waals surface area (Å²) in [4.78, 5) is 43.1. The second-order valence-electron chi connectivity index (χ2n) is 37.8. The van der Waals surface area contributed by atoms with Crippen molar-refractivity contribution in [2.24, 2.45) is 4.99 Å². The van der Waals surface area contributed by atoms with Gasteiger partial charge in [-0.25, -0.2) is 35.1 Å². The van der Waals surface area contributed by atoms with Gasteiger partial charge in [0.05, 0.1) is 59.2 Å². The Bertz CT molecular complexity index is 6750. The van der Waals surface area contributed by atoms with Gasteiger partial charge in [0.2, 0.25) is 0 Å². The molecule has 17 nitrogen and oxygen atoms in total. The summed E-state index contributed by atoms with van der Waals surface area (Å²) >= 11 is 31.2. The van der Waals surface area contributed by atoms with Crippen molar-refractivity contribution in [1.29, 1.82) is 0 Å². The van der Waals surface area contributed by atoms with Gasteiger partial charge in [0, 0.05) is 191 Å². The molecule has 4 fully saturated rings. The fraction of sp³-hybridized carbons (Fsp3) is 0.288. The lowest BCUT2D eigenvalue weighted by Gasteiger charge is -2.40. The number of aliphatic imine (C=N–C) groups is 1. The van der Waals surface area contributed by atoms with Crippen LogP contribution in [0.1, 0.15) is 196 Å². The first-order valence-corrected chi connectivity index (χ1v) is 51.1. The van der Waals surface area contributed by atoms with E-state index in [9.17, 15) is 60.7 Å². The van der Waals surface area contributed by atoms with Crippen molar-refractivity contribution in [3.05, 3.63) is 431 Å². The molecule has 782 valence electrons. The normalized spacial score (nSPS) is 16.7. The van der Waals surface area contributed by atoms with E-state index in [0.717, 1.165) is 147 Å². The number of halogens is 15. The molecule has 0 aliphatic carbocycles. The smallest absolute Gasteiger partial charge is 0.261 e. The minimum absolute atomic E-state index is 0.123. The Morgan fingerprint density at radius 1 is 0.313 bits per heavy atom.